The van der Waals surface area contributed by atoms with Crippen molar-refractivity contribution in [1.82, 2.24) is 24.8 Å². The number of aromatic nitrogens is 4. The number of hydrogen-bond donors (Lipinski definition) is 2. The van der Waals surface area contributed by atoms with Crippen molar-refractivity contribution in [1.29, 1.82) is 0 Å². The third-order valence-corrected chi connectivity index (χ3v) is 4.77. The summed E-state index contributed by atoms with van der Waals surface area (Å²) in [6.45, 7) is 4.99. The number of likely N-dealkylation sites (tertiary alicyclic amines) is 1. The number of nitrogens with one attached hydrogen (secondary N) is 2. The van der Waals surface area contributed by atoms with Gasteiger partial charge in [0.25, 0.3) is 0 Å². The number of hydrogen-bond acceptors (Lipinski definition) is 5. The van der Waals surface area contributed by atoms with Gasteiger partial charge in [-0.25, -0.2) is 15.0 Å². The second kappa shape index (κ2) is 7.66. The van der Waals surface area contributed by atoms with Crippen molar-refractivity contribution in [3.8, 4) is 0 Å². The Balaban J connectivity index is 1.45. The van der Waals surface area contributed by atoms with Crippen molar-refractivity contribution in [2.75, 3.05) is 18.4 Å². The van der Waals surface area contributed by atoms with Crippen LogP contribution < -0.4 is 5.32 Å². The standard InChI is InChI=1S/C20H24N6/c1-15-5-2-8-18(23-15)25-19-9-3-7-17(24-19)16-6-4-12-26(13-16)14-20-21-10-11-22-20/h2-3,5,7-11,16H,4,6,12-14H2,1H3,(H,21,22)(H,23,24,25)/t16-/m0/s1. The predicted molar refractivity (Wildman–Crippen MR) is 102 cm³/mol. The lowest BCUT2D eigenvalue weighted by atomic mass is 9.94. The molecule has 3 aromatic rings. The summed E-state index contributed by atoms with van der Waals surface area (Å²) in [7, 11) is 0. The Bertz CT molecular complexity index is 845. The van der Waals surface area contributed by atoms with E-state index >= 15 is 0 Å². The molecule has 0 aliphatic carbocycles. The summed E-state index contributed by atoms with van der Waals surface area (Å²) in [6, 6.07) is 12.2. The third kappa shape index (κ3) is 4.08. The van der Waals surface area contributed by atoms with Crippen molar-refractivity contribution in [2.24, 2.45) is 0 Å². The van der Waals surface area contributed by atoms with Gasteiger partial charge in [0.15, 0.2) is 0 Å². The predicted octanol–water partition coefficient (Wildman–Crippen LogP) is 3.63. The van der Waals surface area contributed by atoms with E-state index in [0.29, 0.717) is 5.92 Å². The van der Waals surface area contributed by atoms with Gasteiger partial charge < -0.3 is 10.3 Å². The molecule has 6 heteroatoms. The van der Waals surface area contributed by atoms with Gasteiger partial charge in [0.05, 0.1) is 6.54 Å². The molecule has 0 unspecified atom stereocenters. The van der Waals surface area contributed by atoms with Crippen molar-refractivity contribution in [2.45, 2.75) is 32.2 Å². The molecule has 0 amide bonds. The van der Waals surface area contributed by atoms with E-state index in [1.165, 1.54) is 12.8 Å². The number of anilines is 2. The van der Waals surface area contributed by atoms with E-state index in [0.717, 1.165) is 48.5 Å². The molecule has 1 atom stereocenters. The van der Waals surface area contributed by atoms with E-state index in [1.807, 2.05) is 43.6 Å². The first-order valence-corrected chi connectivity index (χ1v) is 9.14. The van der Waals surface area contributed by atoms with Crippen LogP contribution in [0.1, 0.15) is 36.0 Å². The Hall–Kier alpha value is -2.73. The molecule has 1 saturated heterocycles. The van der Waals surface area contributed by atoms with Crippen molar-refractivity contribution >= 4 is 11.6 Å². The minimum Gasteiger partial charge on any atom is -0.348 e. The first-order chi connectivity index (χ1) is 12.8. The highest BCUT2D eigenvalue weighted by atomic mass is 15.2. The van der Waals surface area contributed by atoms with Crippen LogP contribution in [0.4, 0.5) is 11.6 Å². The topological polar surface area (TPSA) is 69.7 Å². The van der Waals surface area contributed by atoms with Crippen LogP contribution in [0.15, 0.2) is 48.8 Å². The lowest BCUT2D eigenvalue weighted by molar-refractivity contribution is 0.194. The number of H-pyrrole nitrogens is 1. The summed E-state index contributed by atoms with van der Waals surface area (Å²) >= 11 is 0. The van der Waals surface area contributed by atoms with Gasteiger partial charge in [0.1, 0.15) is 17.5 Å². The number of piperidine rings is 1. The highest BCUT2D eigenvalue weighted by Gasteiger charge is 2.23. The first-order valence-electron chi connectivity index (χ1n) is 9.14. The van der Waals surface area contributed by atoms with E-state index in [-0.39, 0.29) is 0 Å². The van der Waals surface area contributed by atoms with E-state index in [2.05, 4.69) is 37.3 Å². The Labute approximate surface area is 153 Å². The van der Waals surface area contributed by atoms with Gasteiger partial charge >= 0.3 is 0 Å². The molecule has 0 bridgehead atoms. The van der Waals surface area contributed by atoms with Crippen LogP contribution in [0.5, 0.6) is 0 Å². The van der Waals surface area contributed by atoms with Gasteiger partial charge in [0, 0.05) is 36.2 Å². The van der Waals surface area contributed by atoms with Crippen molar-refractivity contribution < 1.29 is 0 Å². The van der Waals surface area contributed by atoms with Gasteiger partial charge in [-0.15, -0.1) is 0 Å². The summed E-state index contributed by atoms with van der Waals surface area (Å²) < 4.78 is 0. The molecule has 0 saturated carbocycles. The number of aryl methyl sites for hydroxylation is 1. The maximum absolute atomic E-state index is 4.85. The zero-order valence-electron chi connectivity index (χ0n) is 15.0. The molecular weight excluding hydrogens is 324 g/mol. The lowest BCUT2D eigenvalue weighted by Crippen LogP contribution is -2.34. The molecule has 4 heterocycles. The first kappa shape index (κ1) is 16.7. The highest BCUT2D eigenvalue weighted by Crippen LogP contribution is 2.27. The molecule has 3 aromatic heterocycles. The van der Waals surface area contributed by atoms with Gasteiger partial charge in [-0.3, -0.25) is 4.90 Å². The van der Waals surface area contributed by atoms with Crippen LogP contribution in [0, 0.1) is 6.92 Å². The Morgan fingerprint density at radius 3 is 2.81 bits per heavy atom. The summed E-state index contributed by atoms with van der Waals surface area (Å²) in [5.41, 5.74) is 2.14. The summed E-state index contributed by atoms with van der Waals surface area (Å²) in [6.07, 6.45) is 6.05. The maximum atomic E-state index is 4.85. The molecular formula is C20H24N6. The minimum atomic E-state index is 0.450. The fraction of sp³-hybridized carbons (Fsp3) is 0.350. The average molecular weight is 348 g/mol. The summed E-state index contributed by atoms with van der Waals surface area (Å²) in [4.78, 5) is 19.3. The molecule has 1 aliphatic heterocycles. The molecule has 1 fully saturated rings. The van der Waals surface area contributed by atoms with Gasteiger partial charge in [-0.2, -0.15) is 0 Å². The summed E-state index contributed by atoms with van der Waals surface area (Å²) in [5.74, 6) is 3.16. The number of imidazole rings is 1. The minimum absolute atomic E-state index is 0.450. The quantitative estimate of drug-likeness (QED) is 0.737. The zero-order chi connectivity index (χ0) is 17.8. The lowest BCUT2D eigenvalue weighted by Gasteiger charge is -2.32. The zero-order valence-corrected chi connectivity index (χ0v) is 15.0. The van der Waals surface area contributed by atoms with E-state index in [9.17, 15) is 0 Å². The fourth-order valence-corrected chi connectivity index (χ4v) is 3.53. The van der Waals surface area contributed by atoms with Gasteiger partial charge in [-0.05, 0) is 50.6 Å². The van der Waals surface area contributed by atoms with Crippen LogP contribution in [0.2, 0.25) is 0 Å². The monoisotopic (exact) mass is 348 g/mol. The Morgan fingerprint density at radius 2 is 2.00 bits per heavy atom. The van der Waals surface area contributed by atoms with Crippen LogP contribution in [-0.2, 0) is 6.54 Å². The summed E-state index contributed by atoms with van der Waals surface area (Å²) in [5, 5.41) is 3.32. The van der Waals surface area contributed by atoms with E-state index < -0.39 is 0 Å². The molecule has 4 rings (SSSR count). The molecule has 1 aliphatic rings. The third-order valence-electron chi connectivity index (χ3n) is 4.77. The van der Waals surface area contributed by atoms with E-state index in [4.69, 9.17) is 4.98 Å². The average Bonchev–Trinajstić information content (AvgIpc) is 3.15. The van der Waals surface area contributed by atoms with Crippen LogP contribution in [0.3, 0.4) is 0 Å². The van der Waals surface area contributed by atoms with Crippen LogP contribution in [-0.4, -0.2) is 37.9 Å². The SMILES string of the molecule is Cc1cccc(Nc2cccc([C@H]3CCCN(Cc4ncc[nH]4)C3)n2)n1. The van der Waals surface area contributed by atoms with Crippen molar-refractivity contribution in [3.63, 3.8) is 0 Å². The van der Waals surface area contributed by atoms with Crippen LogP contribution in [0.25, 0.3) is 0 Å². The molecule has 0 spiro atoms. The van der Waals surface area contributed by atoms with Crippen LogP contribution >= 0.6 is 0 Å². The number of pyridine rings is 2. The molecule has 6 nitrogen and oxygen atoms in total. The second-order valence-corrected chi connectivity index (χ2v) is 6.85. The highest BCUT2D eigenvalue weighted by molar-refractivity contribution is 5.51. The fourth-order valence-electron chi connectivity index (χ4n) is 3.53. The number of rotatable bonds is 5. The molecule has 0 aromatic carbocycles. The molecule has 134 valence electrons. The molecule has 2 N–H and O–H groups in total. The Kier molecular flexibility index (Phi) is 4.93. The normalized spacial score (nSPS) is 18.0. The van der Waals surface area contributed by atoms with Gasteiger partial charge in [0.2, 0.25) is 0 Å². The van der Waals surface area contributed by atoms with E-state index in [1.54, 1.807) is 0 Å². The smallest absolute Gasteiger partial charge is 0.131 e. The maximum Gasteiger partial charge on any atom is 0.131 e. The molecule has 0 radical (unpaired) electrons. The number of nitrogens with zero attached hydrogens (tertiary/aromatic N) is 4. The molecule has 26 heavy (non-hydrogen) atoms. The number of aromatic amines is 1. The van der Waals surface area contributed by atoms with Gasteiger partial charge in [-0.1, -0.05) is 12.1 Å². The Morgan fingerprint density at radius 1 is 1.15 bits per heavy atom. The second-order valence-electron chi connectivity index (χ2n) is 6.85. The van der Waals surface area contributed by atoms with Crippen molar-refractivity contribution in [3.05, 3.63) is 66.0 Å². The largest absolute Gasteiger partial charge is 0.348 e.